The van der Waals surface area contributed by atoms with Gasteiger partial charge in [0.1, 0.15) is 11.5 Å². The van der Waals surface area contributed by atoms with Gasteiger partial charge in [0.05, 0.1) is 18.2 Å². The summed E-state index contributed by atoms with van der Waals surface area (Å²) in [7, 11) is 3.84. The topological polar surface area (TPSA) is 70.1 Å². The van der Waals surface area contributed by atoms with Gasteiger partial charge in [0.25, 0.3) is 11.7 Å². The van der Waals surface area contributed by atoms with Gasteiger partial charge in [-0.3, -0.25) is 9.59 Å². The second-order valence-electron chi connectivity index (χ2n) is 8.62. The predicted octanol–water partition coefficient (Wildman–Crippen LogP) is 4.41. The molecule has 0 saturated carbocycles. The van der Waals surface area contributed by atoms with Crippen molar-refractivity contribution in [1.29, 1.82) is 0 Å². The van der Waals surface area contributed by atoms with Crippen LogP contribution in [0.3, 0.4) is 0 Å². The van der Waals surface area contributed by atoms with Crippen LogP contribution in [0.15, 0.2) is 54.1 Å². The van der Waals surface area contributed by atoms with Crippen LogP contribution in [0.4, 0.5) is 0 Å². The van der Waals surface area contributed by atoms with Gasteiger partial charge < -0.3 is 19.6 Å². The van der Waals surface area contributed by atoms with Crippen LogP contribution in [0.1, 0.15) is 49.4 Å². The number of carbonyl (C=O) groups is 2. The summed E-state index contributed by atoms with van der Waals surface area (Å²) in [5.41, 5.74) is 2.56. The van der Waals surface area contributed by atoms with Gasteiger partial charge in [0.15, 0.2) is 0 Å². The lowest BCUT2D eigenvalue weighted by molar-refractivity contribution is -0.140. The zero-order valence-corrected chi connectivity index (χ0v) is 20.0. The summed E-state index contributed by atoms with van der Waals surface area (Å²) in [6.07, 6.45) is 2.85. The van der Waals surface area contributed by atoms with Crippen LogP contribution in [0, 0.1) is 0 Å². The molecular formula is C27H34N2O4. The molecule has 33 heavy (non-hydrogen) atoms. The molecule has 1 heterocycles. The van der Waals surface area contributed by atoms with Crippen molar-refractivity contribution in [3.8, 4) is 5.75 Å². The molecular weight excluding hydrogens is 416 g/mol. The molecule has 1 saturated heterocycles. The largest absolute Gasteiger partial charge is 0.507 e. The highest BCUT2D eigenvalue weighted by Crippen LogP contribution is 2.39. The lowest BCUT2D eigenvalue weighted by atomic mass is 9.94. The number of carbonyl (C=O) groups excluding carboxylic acids is 2. The van der Waals surface area contributed by atoms with E-state index < -0.39 is 17.7 Å². The van der Waals surface area contributed by atoms with E-state index >= 15 is 0 Å². The van der Waals surface area contributed by atoms with Gasteiger partial charge in [0, 0.05) is 18.7 Å². The number of aliphatic hydroxyl groups is 1. The Morgan fingerprint density at radius 3 is 2.45 bits per heavy atom. The summed E-state index contributed by atoms with van der Waals surface area (Å²) in [6, 6.07) is 14.3. The second-order valence-corrected chi connectivity index (χ2v) is 8.62. The van der Waals surface area contributed by atoms with E-state index in [2.05, 4.69) is 13.8 Å². The molecule has 2 aromatic rings. The SMILES string of the molecule is CCCCOc1cccc(C(O)=C2C(=O)C(=O)N(CCN(C)C)C2c2ccc(CC)cc2)c1. The molecule has 1 amide bonds. The van der Waals surface area contributed by atoms with Crippen molar-refractivity contribution >= 4 is 17.4 Å². The van der Waals surface area contributed by atoms with Crippen LogP contribution in [-0.4, -0.2) is 60.4 Å². The first-order chi connectivity index (χ1) is 15.9. The van der Waals surface area contributed by atoms with Crippen molar-refractivity contribution in [1.82, 2.24) is 9.80 Å². The molecule has 0 spiro atoms. The van der Waals surface area contributed by atoms with E-state index in [4.69, 9.17) is 4.74 Å². The number of aryl methyl sites for hydroxylation is 1. The zero-order valence-electron chi connectivity index (χ0n) is 20.0. The molecule has 1 aliphatic rings. The van der Waals surface area contributed by atoms with Crippen molar-refractivity contribution in [3.63, 3.8) is 0 Å². The molecule has 1 fully saturated rings. The lowest BCUT2D eigenvalue weighted by Gasteiger charge is -2.26. The molecule has 2 aromatic carbocycles. The molecule has 176 valence electrons. The van der Waals surface area contributed by atoms with E-state index in [-0.39, 0.29) is 11.3 Å². The van der Waals surface area contributed by atoms with Crippen molar-refractivity contribution in [2.24, 2.45) is 0 Å². The minimum Gasteiger partial charge on any atom is -0.507 e. The fraction of sp³-hybridized carbons (Fsp3) is 0.407. The number of Topliss-reactive ketones (excluding diaryl/α,β-unsaturated/α-hetero) is 1. The van der Waals surface area contributed by atoms with Crippen molar-refractivity contribution in [2.75, 3.05) is 33.8 Å². The van der Waals surface area contributed by atoms with E-state index in [1.807, 2.05) is 49.3 Å². The van der Waals surface area contributed by atoms with Crippen molar-refractivity contribution in [2.45, 2.75) is 39.2 Å². The first kappa shape index (κ1) is 24.5. The number of benzene rings is 2. The minimum atomic E-state index is -0.659. The van der Waals surface area contributed by atoms with Crippen molar-refractivity contribution < 1.29 is 19.4 Å². The maximum Gasteiger partial charge on any atom is 0.295 e. The Morgan fingerprint density at radius 1 is 1.09 bits per heavy atom. The van der Waals surface area contributed by atoms with E-state index in [0.29, 0.717) is 31.0 Å². The molecule has 3 rings (SSSR count). The fourth-order valence-corrected chi connectivity index (χ4v) is 3.92. The highest BCUT2D eigenvalue weighted by atomic mass is 16.5. The number of ketones is 1. The number of ether oxygens (including phenoxy) is 1. The Bertz CT molecular complexity index is 1010. The molecule has 0 bridgehead atoms. The van der Waals surface area contributed by atoms with E-state index in [1.54, 1.807) is 23.1 Å². The molecule has 1 atom stereocenters. The number of hydrogen-bond donors (Lipinski definition) is 1. The van der Waals surface area contributed by atoms with Crippen LogP contribution in [0.2, 0.25) is 0 Å². The molecule has 0 aliphatic carbocycles. The summed E-state index contributed by atoms with van der Waals surface area (Å²) in [5, 5.41) is 11.2. The Balaban J connectivity index is 2.05. The summed E-state index contributed by atoms with van der Waals surface area (Å²) in [4.78, 5) is 29.7. The number of likely N-dealkylation sites (N-methyl/N-ethyl adjacent to an activating group) is 1. The summed E-state index contributed by atoms with van der Waals surface area (Å²) >= 11 is 0. The number of hydrogen-bond acceptors (Lipinski definition) is 5. The van der Waals surface area contributed by atoms with Crippen molar-refractivity contribution in [3.05, 3.63) is 70.8 Å². The highest BCUT2D eigenvalue weighted by molar-refractivity contribution is 6.46. The minimum absolute atomic E-state index is 0.119. The molecule has 0 radical (unpaired) electrons. The second kappa shape index (κ2) is 11.1. The van der Waals surface area contributed by atoms with Crippen LogP contribution < -0.4 is 4.74 Å². The van der Waals surface area contributed by atoms with Gasteiger partial charge in [-0.25, -0.2) is 0 Å². The van der Waals surface area contributed by atoms with E-state index in [9.17, 15) is 14.7 Å². The number of amides is 1. The van der Waals surface area contributed by atoms with E-state index in [0.717, 1.165) is 24.8 Å². The van der Waals surface area contributed by atoms with Crippen LogP contribution in [0.25, 0.3) is 5.76 Å². The third kappa shape index (κ3) is 5.63. The van der Waals surface area contributed by atoms with Crippen LogP contribution in [0.5, 0.6) is 5.75 Å². The normalized spacial score (nSPS) is 17.7. The standard InChI is InChI=1S/C27H34N2O4/c1-5-7-17-33-22-10-8-9-21(18-22)25(30)23-24(20-13-11-19(6-2)12-14-20)29(16-15-28(3)4)27(32)26(23)31/h8-14,18,24,30H,5-7,15-17H2,1-4H3. The third-order valence-electron chi connectivity index (χ3n) is 5.91. The summed E-state index contributed by atoms with van der Waals surface area (Å²) < 4.78 is 5.77. The Morgan fingerprint density at radius 2 is 1.82 bits per heavy atom. The number of likely N-dealkylation sites (tertiary alicyclic amines) is 1. The number of unbranched alkanes of at least 4 members (excludes halogenated alkanes) is 1. The molecule has 1 aliphatic heterocycles. The van der Waals surface area contributed by atoms with Crippen LogP contribution in [-0.2, 0) is 16.0 Å². The Kier molecular flexibility index (Phi) is 8.28. The molecule has 1 unspecified atom stereocenters. The van der Waals surface area contributed by atoms with Gasteiger partial charge in [-0.15, -0.1) is 0 Å². The smallest absolute Gasteiger partial charge is 0.295 e. The fourth-order valence-electron chi connectivity index (χ4n) is 3.92. The van der Waals surface area contributed by atoms with Gasteiger partial charge in [-0.2, -0.15) is 0 Å². The lowest BCUT2D eigenvalue weighted by Crippen LogP contribution is -2.35. The molecule has 0 aromatic heterocycles. The predicted molar refractivity (Wildman–Crippen MR) is 130 cm³/mol. The van der Waals surface area contributed by atoms with E-state index in [1.165, 1.54) is 5.56 Å². The number of rotatable bonds is 10. The average Bonchev–Trinajstić information content (AvgIpc) is 3.07. The first-order valence-electron chi connectivity index (χ1n) is 11.6. The maximum atomic E-state index is 13.1. The number of nitrogens with zero attached hydrogens (tertiary/aromatic N) is 2. The van der Waals surface area contributed by atoms with Gasteiger partial charge >= 0.3 is 0 Å². The summed E-state index contributed by atoms with van der Waals surface area (Å²) in [6.45, 7) is 5.74. The zero-order chi connectivity index (χ0) is 24.0. The maximum absolute atomic E-state index is 13.1. The van der Waals surface area contributed by atoms with Gasteiger partial charge in [0.2, 0.25) is 0 Å². The Labute approximate surface area is 196 Å². The first-order valence-corrected chi connectivity index (χ1v) is 11.6. The molecule has 6 nitrogen and oxygen atoms in total. The average molecular weight is 451 g/mol. The molecule has 6 heteroatoms. The molecule has 1 N–H and O–H groups in total. The van der Waals surface area contributed by atoms with Gasteiger partial charge in [-0.1, -0.05) is 56.7 Å². The Hall–Kier alpha value is -3.12. The highest BCUT2D eigenvalue weighted by Gasteiger charge is 2.45. The van der Waals surface area contributed by atoms with Crippen LogP contribution >= 0.6 is 0 Å². The third-order valence-corrected chi connectivity index (χ3v) is 5.91. The quantitative estimate of drug-likeness (QED) is 0.251. The van der Waals surface area contributed by atoms with Gasteiger partial charge in [-0.05, 0) is 50.2 Å². The number of aliphatic hydroxyl groups excluding tert-OH is 1. The summed E-state index contributed by atoms with van der Waals surface area (Å²) in [5.74, 6) is -0.796. The monoisotopic (exact) mass is 450 g/mol.